The summed E-state index contributed by atoms with van der Waals surface area (Å²) in [4.78, 5) is 0. The van der Waals surface area contributed by atoms with E-state index < -0.39 is 0 Å². The largest absolute Gasteiger partial charge is 0.496 e. The molecule has 0 fully saturated rings. The Bertz CT molecular complexity index is 625. The zero-order chi connectivity index (χ0) is 15.4. The van der Waals surface area contributed by atoms with Gasteiger partial charge in [-0.25, -0.2) is 0 Å². The Morgan fingerprint density at radius 3 is 2.43 bits per heavy atom. The maximum atomic E-state index is 6.04. The number of benzene rings is 2. The number of ether oxygens (including phenoxy) is 1. The summed E-state index contributed by atoms with van der Waals surface area (Å²) in [5, 5.41) is 0. The summed E-state index contributed by atoms with van der Waals surface area (Å²) in [5.74, 6) is 1.18. The molecular weight excluding hydrogens is 326 g/mol. The molecule has 0 heterocycles. The molecule has 0 saturated heterocycles. The first-order chi connectivity index (χ1) is 10.1. The third-order valence-corrected chi connectivity index (χ3v) is 4.77. The predicted molar refractivity (Wildman–Crippen MR) is 92.1 cm³/mol. The van der Waals surface area contributed by atoms with E-state index in [2.05, 4.69) is 60.1 Å². The third kappa shape index (κ3) is 3.66. The van der Waals surface area contributed by atoms with E-state index in [1.807, 2.05) is 6.07 Å². The predicted octanol–water partition coefficient (Wildman–Crippen LogP) is 4.36. The summed E-state index contributed by atoms with van der Waals surface area (Å²) in [6.07, 6.45) is 0.900. The molecule has 3 heteroatoms. The van der Waals surface area contributed by atoms with E-state index in [9.17, 15) is 0 Å². The minimum absolute atomic E-state index is 0.248. The van der Waals surface area contributed by atoms with E-state index in [0.717, 1.165) is 16.6 Å². The molecule has 112 valence electrons. The molecule has 2 rings (SSSR count). The van der Waals surface area contributed by atoms with Gasteiger partial charge in [0.15, 0.2) is 0 Å². The van der Waals surface area contributed by atoms with Crippen LogP contribution < -0.4 is 10.5 Å². The molecule has 0 aliphatic carbocycles. The molecule has 21 heavy (non-hydrogen) atoms. The molecule has 0 bridgehead atoms. The highest BCUT2D eigenvalue weighted by molar-refractivity contribution is 9.10. The van der Waals surface area contributed by atoms with Gasteiger partial charge >= 0.3 is 0 Å². The number of nitrogens with two attached hydrogens (primary N) is 1. The molecule has 0 aromatic heterocycles. The molecule has 0 aliphatic rings. The van der Waals surface area contributed by atoms with Crippen molar-refractivity contribution in [1.29, 1.82) is 0 Å². The number of aryl methyl sites for hydroxylation is 2. The number of methoxy groups -OCH3 is 1. The first-order valence-electron chi connectivity index (χ1n) is 7.15. The SMILES string of the molecule is COc1cc(C)c(C)cc1C(CN)Cc1ccccc1Br. The van der Waals surface area contributed by atoms with Crippen LogP contribution in [0.3, 0.4) is 0 Å². The standard InChI is InChI=1S/C18H22BrNO/c1-12-8-16(18(21-3)9-13(12)2)15(11-20)10-14-6-4-5-7-17(14)19/h4-9,15H,10-11,20H2,1-3H3. The Morgan fingerprint density at radius 1 is 1.14 bits per heavy atom. The van der Waals surface area contributed by atoms with Gasteiger partial charge in [-0.15, -0.1) is 0 Å². The van der Waals surface area contributed by atoms with Gasteiger partial charge < -0.3 is 10.5 Å². The van der Waals surface area contributed by atoms with E-state index in [0.29, 0.717) is 6.54 Å². The zero-order valence-electron chi connectivity index (χ0n) is 12.8. The summed E-state index contributed by atoms with van der Waals surface area (Å²) in [7, 11) is 1.72. The lowest BCUT2D eigenvalue weighted by Crippen LogP contribution is -2.16. The Balaban J connectivity index is 2.38. The topological polar surface area (TPSA) is 35.2 Å². The van der Waals surface area contributed by atoms with Gasteiger partial charge in [0.05, 0.1) is 7.11 Å². The Morgan fingerprint density at radius 2 is 1.81 bits per heavy atom. The molecule has 0 amide bonds. The van der Waals surface area contributed by atoms with E-state index in [1.54, 1.807) is 7.11 Å². The fourth-order valence-electron chi connectivity index (χ4n) is 2.56. The fourth-order valence-corrected chi connectivity index (χ4v) is 3.00. The van der Waals surface area contributed by atoms with Gasteiger partial charge in [0.25, 0.3) is 0 Å². The molecule has 2 aromatic carbocycles. The highest BCUT2D eigenvalue weighted by Gasteiger charge is 2.17. The van der Waals surface area contributed by atoms with Gasteiger partial charge in [-0.3, -0.25) is 0 Å². The molecule has 2 nitrogen and oxygen atoms in total. The van der Waals surface area contributed by atoms with Crippen molar-refractivity contribution in [2.24, 2.45) is 5.73 Å². The smallest absolute Gasteiger partial charge is 0.122 e. The highest BCUT2D eigenvalue weighted by atomic mass is 79.9. The molecule has 0 radical (unpaired) electrons. The van der Waals surface area contributed by atoms with Crippen LogP contribution in [0.5, 0.6) is 5.75 Å². The average Bonchev–Trinajstić information content (AvgIpc) is 2.49. The first kappa shape index (κ1) is 16.1. The van der Waals surface area contributed by atoms with Crippen molar-refractivity contribution < 1.29 is 4.74 Å². The van der Waals surface area contributed by atoms with Crippen molar-refractivity contribution in [2.45, 2.75) is 26.2 Å². The number of hydrogen-bond donors (Lipinski definition) is 1. The molecule has 2 N–H and O–H groups in total. The third-order valence-electron chi connectivity index (χ3n) is 3.99. The van der Waals surface area contributed by atoms with E-state index in [4.69, 9.17) is 10.5 Å². The monoisotopic (exact) mass is 347 g/mol. The maximum absolute atomic E-state index is 6.04. The van der Waals surface area contributed by atoms with E-state index >= 15 is 0 Å². The minimum Gasteiger partial charge on any atom is -0.496 e. The summed E-state index contributed by atoms with van der Waals surface area (Å²) in [5.41, 5.74) is 11.0. The Kier molecular flexibility index (Phi) is 5.43. The van der Waals surface area contributed by atoms with E-state index in [-0.39, 0.29) is 5.92 Å². The van der Waals surface area contributed by atoms with Crippen molar-refractivity contribution in [3.8, 4) is 5.75 Å². The lowest BCUT2D eigenvalue weighted by molar-refractivity contribution is 0.404. The normalized spacial score (nSPS) is 12.2. The van der Waals surface area contributed by atoms with Gasteiger partial charge in [0.2, 0.25) is 0 Å². The van der Waals surface area contributed by atoms with Gasteiger partial charge in [-0.1, -0.05) is 40.2 Å². The highest BCUT2D eigenvalue weighted by Crippen LogP contribution is 2.32. The Hall–Kier alpha value is -1.32. The second-order valence-corrected chi connectivity index (χ2v) is 6.26. The van der Waals surface area contributed by atoms with Gasteiger partial charge in [-0.2, -0.15) is 0 Å². The van der Waals surface area contributed by atoms with Crippen LogP contribution in [0.1, 0.15) is 28.2 Å². The summed E-state index contributed by atoms with van der Waals surface area (Å²) < 4.78 is 6.70. The minimum atomic E-state index is 0.248. The van der Waals surface area contributed by atoms with Crippen molar-refractivity contribution in [1.82, 2.24) is 0 Å². The summed E-state index contributed by atoms with van der Waals surface area (Å²) >= 11 is 3.62. The average molecular weight is 348 g/mol. The van der Waals surface area contributed by atoms with Gasteiger partial charge in [-0.05, 0) is 61.2 Å². The van der Waals surface area contributed by atoms with Crippen LogP contribution in [-0.2, 0) is 6.42 Å². The van der Waals surface area contributed by atoms with Crippen LogP contribution in [-0.4, -0.2) is 13.7 Å². The quantitative estimate of drug-likeness (QED) is 0.871. The van der Waals surface area contributed by atoms with Crippen LogP contribution in [0.2, 0.25) is 0 Å². The van der Waals surface area contributed by atoms with Crippen LogP contribution >= 0.6 is 15.9 Å². The molecule has 1 unspecified atom stereocenters. The molecule has 0 spiro atoms. The molecule has 0 saturated carbocycles. The number of halogens is 1. The zero-order valence-corrected chi connectivity index (χ0v) is 14.4. The number of rotatable bonds is 5. The lowest BCUT2D eigenvalue weighted by atomic mass is 9.89. The van der Waals surface area contributed by atoms with E-state index in [1.165, 1.54) is 22.3 Å². The fraction of sp³-hybridized carbons (Fsp3) is 0.333. The Labute approximate surface area is 135 Å². The van der Waals surface area contributed by atoms with Crippen molar-refractivity contribution in [2.75, 3.05) is 13.7 Å². The number of hydrogen-bond acceptors (Lipinski definition) is 2. The van der Waals surface area contributed by atoms with Crippen LogP contribution in [0.4, 0.5) is 0 Å². The molecular formula is C18H22BrNO. The summed E-state index contributed by atoms with van der Waals surface area (Å²) in [6.45, 7) is 4.83. The maximum Gasteiger partial charge on any atom is 0.122 e. The summed E-state index contributed by atoms with van der Waals surface area (Å²) in [6, 6.07) is 12.6. The van der Waals surface area contributed by atoms with Crippen LogP contribution in [0.25, 0.3) is 0 Å². The first-order valence-corrected chi connectivity index (χ1v) is 7.94. The van der Waals surface area contributed by atoms with Crippen molar-refractivity contribution in [3.05, 3.63) is 63.1 Å². The van der Waals surface area contributed by atoms with Crippen LogP contribution in [0, 0.1) is 13.8 Å². The second kappa shape index (κ2) is 7.10. The molecule has 1 atom stereocenters. The van der Waals surface area contributed by atoms with Gasteiger partial charge in [0, 0.05) is 10.4 Å². The van der Waals surface area contributed by atoms with Crippen molar-refractivity contribution in [3.63, 3.8) is 0 Å². The lowest BCUT2D eigenvalue weighted by Gasteiger charge is -2.20. The molecule has 2 aromatic rings. The van der Waals surface area contributed by atoms with Crippen molar-refractivity contribution >= 4 is 15.9 Å². The van der Waals surface area contributed by atoms with Gasteiger partial charge in [0.1, 0.15) is 5.75 Å². The molecule has 0 aliphatic heterocycles. The second-order valence-electron chi connectivity index (χ2n) is 5.41. The van der Waals surface area contributed by atoms with Crippen LogP contribution in [0.15, 0.2) is 40.9 Å².